The third-order valence-corrected chi connectivity index (χ3v) is 5.93. The van der Waals surface area contributed by atoms with Gasteiger partial charge in [-0.1, -0.05) is 42.0 Å². The number of ketones is 1. The van der Waals surface area contributed by atoms with Crippen molar-refractivity contribution < 1.29 is 13.6 Å². The van der Waals surface area contributed by atoms with Gasteiger partial charge in [-0.2, -0.15) is 5.26 Å². The minimum Gasteiger partial charge on any atom is -0.453 e. The van der Waals surface area contributed by atoms with Gasteiger partial charge in [0.2, 0.25) is 0 Å². The number of carbonyl (C=O) groups excluding carboxylic acids is 1. The molecule has 2 aromatic heterocycles. The monoisotopic (exact) mass is 419 g/mol. The summed E-state index contributed by atoms with van der Waals surface area (Å²) in [7, 11) is 0. The first-order valence-corrected chi connectivity index (χ1v) is 10.5. The summed E-state index contributed by atoms with van der Waals surface area (Å²) in [6.07, 6.45) is 1.70. The van der Waals surface area contributed by atoms with Crippen molar-refractivity contribution in [1.82, 2.24) is 0 Å². The summed E-state index contributed by atoms with van der Waals surface area (Å²) < 4.78 is 12.1. The fraction of sp³-hybridized carbons (Fsp3) is 0.143. The average molecular weight is 419 g/mol. The predicted octanol–water partition coefficient (Wildman–Crippen LogP) is 7.20. The lowest BCUT2D eigenvalue weighted by Crippen LogP contribution is -1.95. The van der Waals surface area contributed by atoms with Crippen molar-refractivity contribution in [2.75, 3.05) is 0 Å². The van der Waals surface area contributed by atoms with Gasteiger partial charge in [0.15, 0.2) is 16.9 Å². The summed E-state index contributed by atoms with van der Waals surface area (Å²) in [5.74, 6) is 1.17. The van der Waals surface area contributed by atoms with Gasteiger partial charge in [-0.25, -0.2) is 0 Å². The molecular weight excluding hydrogens is 398 g/mol. The first kappa shape index (κ1) is 19.8. The zero-order valence-electron chi connectivity index (χ0n) is 18.4. The molecule has 0 unspecified atom stereocenters. The number of hydrogen-bond acceptors (Lipinski definition) is 4. The normalized spacial score (nSPS) is 16.0. The molecule has 0 saturated heterocycles. The number of allylic oxidation sites excluding steroid dienone is 3. The van der Waals surface area contributed by atoms with E-state index in [1.165, 1.54) is 5.56 Å². The van der Waals surface area contributed by atoms with Gasteiger partial charge in [0.1, 0.15) is 11.5 Å². The average Bonchev–Trinajstić information content (AvgIpc) is 3.38. The predicted molar refractivity (Wildman–Crippen MR) is 125 cm³/mol. The first-order valence-electron chi connectivity index (χ1n) is 10.5. The lowest BCUT2D eigenvalue weighted by molar-refractivity contribution is 0.104. The van der Waals surface area contributed by atoms with E-state index in [4.69, 9.17) is 8.83 Å². The highest BCUT2D eigenvalue weighted by Gasteiger charge is 2.31. The molecule has 0 amide bonds. The largest absolute Gasteiger partial charge is 0.453 e. The number of rotatable bonds is 2. The Hall–Kier alpha value is -4.10. The van der Waals surface area contributed by atoms with E-state index < -0.39 is 0 Å². The molecule has 32 heavy (non-hydrogen) atoms. The lowest BCUT2D eigenvalue weighted by Gasteiger charge is -2.08. The van der Waals surface area contributed by atoms with E-state index in [1.54, 1.807) is 25.1 Å². The van der Waals surface area contributed by atoms with E-state index in [1.807, 2.05) is 24.3 Å². The maximum Gasteiger partial charge on any atom is 0.194 e. The molecule has 0 bridgehead atoms. The molecule has 2 aromatic carbocycles. The number of fused-ring (bicyclic) bond motifs is 2. The van der Waals surface area contributed by atoms with Crippen LogP contribution in [0.1, 0.15) is 45.3 Å². The SMILES string of the molecule is C/C(C#N)=C1/C(=C/c2cc3oc(-c4c(C)cc(C)cc4C)cc3o2)C(=O)c2ccccc21. The minimum absolute atomic E-state index is 0.107. The first-order chi connectivity index (χ1) is 15.4. The summed E-state index contributed by atoms with van der Waals surface area (Å²) in [6.45, 7) is 7.95. The topological polar surface area (TPSA) is 67.1 Å². The molecule has 0 fully saturated rings. The number of Topliss-reactive ketones (excluding diaryl/α,β-unsaturated/α-hetero) is 1. The lowest BCUT2D eigenvalue weighted by atomic mass is 9.98. The van der Waals surface area contributed by atoms with Crippen LogP contribution in [0, 0.1) is 32.1 Å². The van der Waals surface area contributed by atoms with Crippen LogP contribution in [-0.4, -0.2) is 5.78 Å². The molecule has 2 heterocycles. The van der Waals surface area contributed by atoms with Crippen molar-refractivity contribution in [3.63, 3.8) is 0 Å². The Labute approximate surface area is 186 Å². The Kier molecular flexibility index (Phi) is 4.49. The van der Waals surface area contributed by atoms with Crippen molar-refractivity contribution >= 4 is 28.6 Å². The van der Waals surface area contributed by atoms with Crippen LogP contribution in [-0.2, 0) is 0 Å². The van der Waals surface area contributed by atoms with Gasteiger partial charge in [0, 0.05) is 40.0 Å². The summed E-state index contributed by atoms with van der Waals surface area (Å²) in [6, 6.07) is 17.5. The van der Waals surface area contributed by atoms with E-state index in [0.29, 0.717) is 39.2 Å². The van der Waals surface area contributed by atoms with Gasteiger partial charge in [0.25, 0.3) is 0 Å². The highest BCUT2D eigenvalue weighted by Crippen LogP contribution is 2.41. The molecule has 4 aromatic rings. The molecule has 0 atom stereocenters. The van der Waals surface area contributed by atoms with Gasteiger partial charge in [-0.15, -0.1) is 0 Å². The van der Waals surface area contributed by atoms with Crippen LogP contribution in [0.3, 0.4) is 0 Å². The minimum atomic E-state index is -0.107. The van der Waals surface area contributed by atoms with Crippen molar-refractivity contribution in [3.05, 3.63) is 93.3 Å². The van der Waals surface area contributed by atoms with Crippen LogP contribution in [0.4, 0.5) is 0 Å². The molecule has 0 saturated carbocycles. The molecule has 0 spiro atoms. The Bertz CT molecular complexity index is 1480. The number of carbonyl (C=O) groups is 1. The summed E-state index contributed by atoms with van der Waals surface area (Å²) in [5.41, 5.74) is 8.84. The quantitative estimate of drug-likeness (QED) is 0.255. The number of nitrogens with zero attached hydrogens (tertiary/aromatic N) is 1. The Morgan fingerprint density at radius 3 is 2.25 bits per heavy atom. The van der Waals surface area contributed by atoms with Crippen LogP contribution < -0.4 is 0 Å². The van der Waals surface area contributed by atoms with E-state index in [2.05, 4.69) is 39.0 Å². The van der Waals surface area contributed by atoms with Gasteiger partial charge < -0.3 is 8.83 Å². The van der Waals surface area contributed by atoms with Gasteiger partial charge >= 0.3 is 0 Å². The Balaban J connectivity index is 1.59. The van der Waals surface area contributed by atoms with Crippen molar-refractivity contribution in [2.24, 2.45) is 0 Å². The maximum absolute atomic E-state index is 13.0. The standard InChI is InChI=1S/C28H21NO3/c1-15-9-16(2)26(17(3)10-15)25-13-24-23(32-25)12-19(31-24)11-22-27(18(4)14-29)20-7-5-6-8-21(20)28(22)30/h5-13H,1-4H3/b22-11-,27-18-. The van der Waals surface area contributed by atoms with E-state index in [0.717, 1.165) is 28.0 Å². The second-order valence-corrected chi connectivity index (χ2v) is 8.31. The smallest absolute Gasteiger partial charge is 0.194 e. The number of hydrogen-bond donors (Lipinski definition) is 0. The van der Waals surface area contributed by atoms with E-state index in [-0.39, 0.29) is 5.78 Å². The third-order valence-electron chi connectivity index (χ3n) is 5.93. The fourth-order valence-corrected chi connectivity index (χ4v) is 4.66. The summed E-state index contributed by atoms with van der Waals surface area (Å²) >= 11 is 0. The molecule has 0 N–H and O–H groups in total. The zero-order chi connectivity index (χ0) is 22.6. The molecule has 4 heteroatoms. The van der Waals surface area contributed by atoms with Crippen molar-refractivity contribution in [3.8, 4) is 17.4 Å². The molecule has 1 aliphatic carbocycles. The summed E-state index contributed by atoms with van der Waals surface area (Å²) in [5, 5.41) is 9.49. The fourth-order valence-electron chi connectivity index (χ4n) is 4.66. The highest BCUT2D eigenvalue weighted by molar-refractivity contribution is 6.29. The molecular formula is C28H21NO3. The number of benzene rings is 2. The van der Waals surface area contributed by atoms with Crippen LogP contribution in [0.25, 0.3) is 34.1 Å². The molecule has 0 radical (unpaired) electrons. The zero-order valence-corrected chi connectivity index (χ0v) is 18.4. The second-order valence-electron chi connectivity index (χ2n) is 8.31. The van der Waals surface area contributed by atoms with Gasteiger partial charge in [-0.05, 0) is 50.5 Å². The highest BCUT2D eigenvalue weighted by atomic mass is 16.4. The van der Waals surface area contributed by atoms with Crippen LogP contribution >= 0.6 is 0 Å². The van der Waals surface area contributed by atoms with Gasteiger partial charge in [0.05, 0.1) is 6.07 Å². The number of furan rings is 2. The molecule has 1 aliphatic rings. The molecule has 0 aliphatic heterocycles. The van der Waals surface area contributed by atoms with Crippen LogP contribution in [0.2, 0.25) is 0 Å². The van der Waals surface area contributed by atoms with Crippen LogP contribution in [0.15, 0.2) is 68.5 Å². The molecule has 4 nitrogen and oxygen atoms in total. The summed E-state index contributed by atoms with van der Waals surface area (Å²) in [4.78, 5) is 13.0. The Morgan fingerprint density at radius 2 is 1.59 bits per heavy atom. The molecule has 156 valence electrons. The third kappa shape index (κ3) is 3.02. The number of aryl methyl sites for hydroxylation is 3. The van der Waals surface area contributed by atoms with Crippen molar-refractivity contribution in [2.45, 2.75) is 27.7 Å². The van der Waals surface area contributed by atoms with E-state index in [9.17, 15) is 10.1 Å². The van der Waals surface area contributed by atoms with Crippen LogP contribution in [0.5, 0.6) is 0 Å². The maximum atomic E-state index is 13.0. The van der Waals surface area contributed by atoms with Crippen molar-refractivity contribution in [1.29, 1.82) is 5.26 Å². The van der Waals surface area contributed by atoms with Gasteiger partial charge in [-0.3, -0.25) is 4.79 Å². The second kappa shape index (κ2) is 7.25. The van der Waals surface area contributed by atoms with E-state index >= 15 is 0 Å². The number of nitriles is 1. The molecule has 5 rings (SSSR count). The Morgan fingerprint density at radius 1 is 0.938 bits per heavy atom.